The minimum absolute atomic E-state index is 0.162. The van der Waals surface area contributed by atoms with Gasteiger partial charge in [0, 0.05) is 24.9 Å². The summed E-state index contributed by atoms with van der Waals surface area (Å²) in [4.78, 5) is 3.97. The summed E-state index contributed by atoms with van der Waals surface area (Å²) in [7, 11) is 0. The monoisotopic (exact) mass is 265 g/mol. The number of rotatable bonds is 6. The molecule has 2 rings (SSSR count). The van der Waals surface area contributed by atoms with Gasteiger partial charge in [-0.3, -0.25) is 16.3 Å². The van der Waals surface area contributed by atoms with Crippen molar-refractivity contribution in [2.75, 3.05) is 0 Å². The second-order valence-corrected chi connectivity index (χ2v) is 4.56. The molecule has 0 aliphatic carbocycles. The number of hydrogen-bond donors (Lipinski definition) is 2. The third-order valence-electron chi connectivity index (χ3n) is 2.88. The zero-order valence-electron chi connectivity index (χ0n) is 9.97. The van der Waals surface area contributed by atoms with Crippen LogP contribution in [0.15, 0.2) is 41.3 Å². The molecule has 4 nitrogen and oxygen atoms in total. The van der Waals surface area contributed by atoms with Crippen LogP contribution in [0, 0.1) is 0 Å². The lowest BCUT2D eigenvalue weighted by atomic mass is 10.0. The van der Waals surface area contributed by atoms with Crippen LogP contribution in [0.2, 0.25) is 5.02 Å². The number of aryl methyl sites for hydroxylation is 1. The first-order valence-corrected chi connectivity index (χ1v) is 6.24. The molecule has 0 aliphatic rings. The molecule has 5 heteroatoms. The molecule has 0 saturated heterocycles. The van der Waals surface area contributed by atoms with Crippen LogP contribution in [0.3, 0.4) is 0 Å². The highest BCUT2D eigenvalue weighted by Crippen LogP contribution is 2.17. The summed E-state index contributed by atoms with van der Waals surface area (Å²) in [5.74, 6) is 6.54. The number of hydrogen-bond acceptors (Lipinski definition) is 4. The largest absolute Gasteiger partial charge is 0.469 e. The van der Waals surface area contributed by atoms with Gasteiger partial charge in [0.2, 0.25) is 0 Å². The van der Waals surface area contributed by atoms with Gasteiger partial charge in [-0.15, -0.1) is 0 Å². The number of nitrogens with one attached hydrogen (secondary N) is 1. The van der Waals surface area contributed by atoms with E-state index in [1.807, 2.05) is 18.2 Å². The average Bonchev–Trinajstić information content (AvgIpc) is 2.90. The predicted molar refractivity (Wildman–Crippen MR) is 71.1 cm³/mol. The Morgan fingerprint density at radius 1 is 1.44 bits per heavy atom. The van der Waals surface area contributed by atoms with Crippen molar-refractivity contribution in [1.82, 2.24) is 10.4 Å². The lowest BCUT2D eigenvalue weighted by Gasteiger charge is -2.15. The Morgan fingerprint density at radius 2 is 2.33 bits per heavy atom. The molecule has 0 radical (unpaired) electrons. The zero-order chi connectivity index (χ0) is 12.8. The van der Waals surface area contributed by atoms with Crippen molar-refractivity contribution in [1.29, 1.82) is 0 Å². The first-order chi connectivity index (χ1) is 8.79. The molecular weight excluding hydrogens is 250 g/mol. The van der Waals surface area contributed by atoms with Gasteiger partial charge in [0.1, 0.15) is 5.76 Å². The summed E-state index contributed by atoms with van der Waals surface area (Å²) in [5, 5.41) is 0.677. The van der Waals surface area contributed by atoms with Crippen LogP contribution in [-0.4, -0.2) is 11.0 Å². The number of halogens is 1. The number of aromatic nitrogens is 1. The highest BCUT2D eigenvalue weighted by atomic mass is 35.5. The Hall–Kier alpha value is -1.36. The molecule has 0 aromatic carbocycles. The number of hydrazine groups is 1. The van der Waals surface area contributed by atoms with Gasteiger partial charge >= 0.3 is 0 Å². The van der Waals surface area contributed by atoms with Crippen molar-refractivity contribution in [2.45, 2.75) is 25.3 Å². The highest BCUT2D eigenvalue weighted by molar-refractivity contribution is 6.31. The standard InChI is InChI=1S/C13H16ClN3O/c14-13-9-16-6-5-10(13)8-11(17-15)3-4-12-2-1-7-18-12/h1-2,5-7,9,11,17H,3-4,8,15H2. The van der Waals surface area contributed by atoms with E-state index in [0.29, 0.717) is 5.02 Å². The fourth-order valence-electron chi connectivity index (χ4n) is 1.85. The van der Waals surface area contributed by atoms with Gasteiger partial charge in [0.05, 0.1) is 11.3 Å². The van der Waals surface area contributed by atoms with E-state index in [1.54, 1.807) is 18.7 Å². The molecule has 2 aromatic heterocycles. The van der Waals surface area contributed by atoms with E-state index < -0.39 is 0 Å². The molecule has 1 unspecified atom stereocenters. The van der Waals surface area contributed by atoms with Crippen molar-refractivity contribution < 1.29 is 4.42 Å². The summed E-state index contributed by atoms with van der Waals surface area (Å²) < 4.78 is 5.30. The first kappa shape index (κ1) is 13.1. The van der Waals surface area contributed by atoms with Gasteiger partial charge in [0.15, 0.2) is 0 Å². The predicted octanol–water partition coefficient (Wildman–Crippen LogP) is 2.34. The van der Waals surface area contributed by atoms with Crippen LogP contribution >= 0.6 is 11.6 Å². The summed E-state index contributed by atoms with van der Waals surface area (Å²) in [6, 6.07) is 5.93. The van der Waals surface area contributed by atoms with Crippen molar-refractivity contribution in [3.05, 3.63) is 53.2 Å². The number of nitrogens with two attached hydrogens (primary N) is 1. The van der Waals surface area contributed by atoms with Crippen LogP contribution in [0.4, 0.5) is 0 Å². The molecule has 0 aliphatic heterocycles. The maximum atomic E-state index is 6.08. The van der Waals surface area contributed by atoms with E-state index in [2.05, 4.69) is 10.4 Å². The van der Waals surface area contributed by atoms with Crippen LogP contribution in [0.25, 0.3) is 0 Å². The normalized spacial score (nSPS) is 12.6. The number of pyridine rings is 1. The van der Waals surface area contributed by atoms with Gasteiger partial charge in [0.25, 0.3) is 0 Å². The van der Waals surface area contributed by atoms with Crippen molar-refractivity contribution >= 4 is 11.6 Å². The van der Waals surface area contributed by atoms with Crippen LogP contribution in [-0.2, 0) is 12.8 Å². The molecular formula is C13H16ClN3O. The maximum Gasteiger partial charge on any atom is 0.103 e. The summed E-state index contributed by atoms with van der Waals surface area (Å²) >= 11 is 6.08. The highest BCUT2D eigenvalue weighted by Gasteiger charge is 2.11. The Morgan fingerprint density at radius 3 is 3.00 bits per heavy atom. The van der Waals surface area contributed by atoms with Crippen molar-refractivity contribution in [3.8, 4) is 0 Å². The Bertz CT molecular complexity index is 473. The van der Waals surface area contributed by atoms with Gasteiger partial charge < -0.3 is 4.42 Å². The molecule has 2 aromatic rings. The quantitative estimate of drug-likeness (QED) is 0.622. The molecule has 0 spiro atoms. The van der Waals surface area contributed by atoms with E-state index in [0.717, 1.165) is 30.6 Å². The third kappa shape index (κ3) is 3.57. The summed E-state index contributed by atoms with van der Waals surface area (Å²) in [6.45, 7) is 0. The Kier molecular flexibility index (Phi) is 4.75. The smallest absolute Gasteiger partial charge is 0.103 e. The molecule has 96 valence electrons. The fourth-order valence-corrected chi connectivity index (χ4v) is 2.05. The Labute approximate surface area is 111 Å². The lowest BCUT2D eigenvalue weighted by Crippen LogP contribution is -2.37. The first-order valence-electron chi connectivity index (χ1n) is 5.86. The van der Waals surface area contributed by atoms with E-state index in [1.165, 1.54) is 0 Å². The minimum atomic E-state index is 0.162. The fraction of sp³-hybridized carbons (Fsp3) is 0.308. The Balaban J connectivity index is 1.91. The van der Waals surface area contributed by atoms with E-state index >= 15 is 0 Å². The van der Waals surface area contributed by atoms with Crippen LogP contribution in [0.5, 0.6) is 0 Å². The topological polar surface area (TPSA) is 64.1 Å². The molecule has 18 heavy (non-hydrogen) atoms. The van der Waals surface area contributed by atoms with Gasteiger partial charge in [-0.25, -0.2) is 0 Å². The van der Waals surface area contributed by atoms with Crippen molar-refractivity contribution in [3.63, 3.8) is 0 Å². The van der Waals surface area contributed by atoms with Gasteiger partial charge in [-0.1, -0.05) is 11.6 Å². The molecule has 0 bridgehead atoms. The maximum absolute atomic E-state index is 6.08. The average molecular weight is 266 g/mol. The lowest BCUT2D eigenvalue weighted by molar-refractivity contribution is 0.447. The van der Waals surface area contributed by atoms with E-state index in [-0.39, 0.29) is 6.04 Å². The van der Waals surface area contributed by atoms with Gasteiger partial charge in [-0.2, -0.15) is 0 Å². The molecule has 2 heterocycles. The third-order valence-corrected chi connectivity index (χ3v) is 3.22. The zero-order valence-corrected chi connectivity index (χ0v) is 10.7. The van der Waals surface area contributed by atoms with Crippen molar-refractivity contribution in [2.24, 2.45) is 5.84 Å². The minimum Gasteiger partial charge on any atom is -0.469 e. The number of furan rings is 1. The SMILES string of the molecule is NNC(CCc1ccco1)Cc1ccncc1Cl. The summed E-state index contributed by atoms with van der Waals surface area (Å²) in [5.41, 5.74) is 3.87. The van der Waals surface area contributed by atoms with Crippen LogP contribution in [0.1, 0.15) is 17.7 Å². The molecule has 0 amide bonds. The number of nitrogens with zero attached hydrogens (tertiary/aromatic N) is 1. The second kappa shape index (κ2) is 6.54. The molecule has 1 atom stereocenters. The van der Waals surface area contributed by atoms with Crippen LogP contribution < -0.4 is 11.3 Å². The molecule has 0 fully saturated rings. The molecule has 3 N–H and O–H groups in total. The molecule has 0 saturated carbocycles. The summed E-state index contributed by atoms with van der Waals surface area (Å²) in [6.07, 6.45) is 7.59. The van der Waals surface area contributed by atoms with E-state index in [4.69, 9.17) is 21.9 Å². The second-order valence-electron chi connectivity index (χ2n) is 4.15. The van der Waals surface area contributed by atoms with E-state index in [9.17, 15) is 0 Å². The van der Waals surface area contributed by atoms with Gasteiger partial charge in [-0.05, 0) is 36.6 Å².